The van der Waals surface area contributed by atoms with Crippen molar-refractivity contribution in [2.45, 2.75) is 31.7 Å². The molecule has 3 N–H and O–H groups in total. The molecule has 4 rings (SSSR count). The van der Waals surface area contributed by atoms with Crippen LogP contribution in [0.25, 0.3) is 0 Å². The van der Waals surface area contributed by atoms with Gasteiger partial charge in [0, 0.05) is 24.2 Å². The number of carbonyl (C=O) groups is 1. The van der Waals surface area contributed by atoms with Crippen LogP contribution in [0.2, 0.25) is 0 Å². The average molecular weight is 366 g/mol. The lowest BCUT2D eigenvalue weighted by atomic mass is 9.76. The molecule has 0 bridgehead atoms. The molecule has 1 saturated heterocycles. The van der Waals surface area contributed by atoms with Gasteiger partial charge < -0.3 is 20.7 Å². The summed E-state index contributed by atoms with van der Waals surface area (Å²) in [5.74, 6) is -0.492. The first kappa shape index (κ1) is 17.8. The van der Waals surface area contributed by atoms with Gasteiger partial charge in [0.15, 0.2) is 0 Å². The van der Waals surface area contributed by atoms with Crippen molar-refractivity contribution in [2.75, 3.05) is 36.5 Å². The molecule has 0 aliphatic carbocycles. The van der Waals surface area contributed by atoms with Gasteiger partial charge in [-0.3, -0.25) is 4.79 Å². The Kier molecular flexibility index (Phi) is 4.52. The Bertz CT molecular complexity index is 859. The van der Waals surface area contributed by atoms with Crippen molar-refractivity contribution in [3.63, 3.8) is 0 Å². The van der Waals surface area contributed by atoms with Crippen molar-refractivity contribution in [1.82, 2.24) is 4.98 Å². The lowest BCUT2D eigenvalue weighted by Crippen LogP contribution is -2.36. The molecular weight excluding hydrogens is 340 g/mol. The van der Waals surface area contributed by atoms with Crippen LogP contribution < -0.4 is 16.0 Å². The maximum Gasteiger partial charge on any atom is 0.267 e. The Morgan fingerprint density at radius 2 is 2.04 bits per heavy atom. The van der Waals surface area contributed by atoms with Crippen LogP contribution in [0.3, 0.4) is 0 Å². The normalized spacial score (nSPS) is 21.3. The van der Waals surface area contributed by atoms with Crippen LogP contribution in [0.1, 0.15) is 48.1 Å². The Morgan fingerprint density at radius 3 is 2.78 bits per heavy atom. The Balaban J connectivity index is 1.63. The molecule has 1 unspecified atom stereocenters. The van der Waals surface area contributed by atoms with Crippen LogP contribution in [0.4, 0.5) is 11.4 Å². The molecule has 0 spiro atoms. The maximum absolute atomic E-state index is 11.5. The quantitative estimate of drug-likeness (QED) is 0.873. The van der Waals surface area contributed by atoms with E-state index in [2.05, 4.69) is 53.3 Å². The van der Waals surface area contributed by atoms with E-state index in [-0.39, 0.29) is 11.5 Å². The molecule has 27 heavy (non-hydrogen) atoms. The van der Waals surface area contributed by atoms with Gasteiger partial charge >= 0.3 is 0 Å². The number of hydrogen-bond donors (Lipinski definition) is 2. The van der Waals surface area contributed by atoms with Crippen molar-refractivity contribution >= 4 is 17.3 Å². The first-order valence-electron chi connectivity index (χ1n) is 9.44. The number of anilines is 2. The third-order valence-corrected chi connectivity index (χ3v) is 5.48. The molecule has 1 fully saturated rings. The molecule has 3 heterocycles. The third-order valence-electron chi connectivity index (χ3n) is 5.48. The van der Waals surface area contributed by atoms with Gasteiger partial charge in [0.2, 0.25) is 0 Å². The summed E-state index contributed by atoms with van der Waals surface area (Å²) >= 11 is 0. The summed E-state index contributed by atoms with van der Waals surface area (Å²) in [5.41, 5.74) is 9.93. The number of rotatable bonds is 3. The first-order valence-corrected chi connectivity index (χ1v) is 9.44. The maximum atomic E-state index is 11.5. The first-order chi connectivity index (χ1) is 12.9. The number of nitrogens with two attached hydrogens (primary N) is 1. The predicted molar refractivity (Wildman–Crippen MR) is 106 cm³/mol. The fourth-order valence-corrected chi connectivity index (χ4v) is 4.04. The standard InChI is InChI=1S/C21H26N4O2/c1-21(2)13-18(23-16-6-7-17(20(22)26)24-19(16)21)14-4-3-5-15(12-14)25-8-10-27-11-9-25/h3-7,12,18,23H,8-11,13H2,1-2H3,(H2,22,26). The van der Waals surface area contributed by atoms with E-state index in [1.807, 2.05) is 6.07 Å². The fourth-order valence-electron chi connectivity index (χ4n) is 4.04. The number of ether oxygens (including phenoxy) is 1. The summed E-state index contributed by atoms with van der Waals surface area (Å²) in [6, 6.07) is 12.5. The number of amides is 1. The van der Waals surface area contributed by atoms with Gasteiger partial charge in [-0.2, -0.15) is 0 Å². The van der Waals surface area contributed by atoms with E-state index in [0.717, 1.165) is 44.1 Å². The number of aromatic nitrogens is 1. The topological polar surface area (TPSA) is 80.5 Å². The second-order valence-electron chi connectivity index (χ2n) is 7.94. The second-order valence-corrected chi connectivity index (χ2v) is 7.94. The van der Waals surface area contributed by atoms with Gasteiger partial charge in [-0.1, -0.05) is 26.0 Å². The predicted octanol–water partition coefficient (Wildman–Crippen LogP) is 2.85. The van der Waals surface area contributed by atoms with Crippen LogP contribution in [0.5, 0.6) is 0 Å². The lowest BCUT2D eigenvalue weighted by Gasteiger charge is -2.38. The van der Waals surface area contributed by atoms with E-state index < -0.39 is 5.91 Å². The van der Waals surface area contributed by atoms with E-state index in [0.29, 0.717) is 5.69 Å². The molecule has 1 aromatic heterocycles. The highest BCUT2D eigenvalue weighted by molar-refractivity contribution is 5.91. The number of carbonyl (C=O) groups excluding carboxylic acids is 1. The largest absolute Gasteiger partial charge is 0.378 e. The second kappa shape index (κ2) is 6.85. The average Bonchev–Trinajstić information content (AvgIpc) is 2.68. The number of benzene rings is 1. The number of pyridine rings is 1. The molecule has 6 heteroatoms. The van der Waals surface area contributed by atoms with E-state index in [1.165, 1.54) is 11.3 Å². The molecule has 2 aromatic rings. The van der Waals surface area contributed by atoms with Gasteiger partial charge in [0.1, 0.15) is 5.69 Å². The molecule has 2 aliphatic rings. The highest BCUT2D eigenvalue weighted by Crippen LogP contribution is 2.43. The Labute approximate surface area is 159 Å². The van der Waals surface area contributed by atoms with Gasteiger partial charge in [-0.25, -0.2) is 4.98 Å². The van der Waals surface area contributed by atoms with Crippen molar-refractivity contribution in [3.8, 4) is 0 Å². The molecule has 1 aromatic carbocycles. The van der Waals surface area contributed by atoms with Crippen LogP contribution in [0, 0.1) is 0 Å². The van der Waals surface area contributed by atoms with Crippen LogP contribution >= 0.6 is 0 Å². The number of morpholine rings is 1. The number of hydrogen-bond acceptors (Lipinski definition) is 5. The molecule has 6 nitrogen and oxygen atoms in total. The molecule has 1 amide bonds. The van der Waals surface area contributed by atoms with Crippen molar-refractivity contribution < 1.29 is 9.53 Å². The van der Waals surface area contributed by atoms with E-state index in [9.17, 15) is 4.79 Å². The Hall–Kier alpha value is -2.60. The monoisotopic (exact) mass is 366 g/mol. The van der Waals surface area contributed by atoms with Crippen molar-refractivity contribution in [1.29, 1.82) is 0 Å². The number of primary amides is 1. The smallest absolute Gasteiger partial charge is 0.267 e. The Morgan fingerprint density at radius 1 is 1.26 bits per heavy atom. The lowest BCUT2D eigenvalue weighted by molar-refractivity contribution is 0.0995. The van der Waals surface area contributed by atoms with E-state index in [4.69, 9.17) is 10.5 Å². The van der Waals surface area contributed by atoms with Gasteiger partial charge in [-0.05, 0) is 36.2 Å². The summed E-state index contributed by atoms with van der Waals surface area (Å²) in [5, 5.41) is 3.61. The van der Waals surface area contributed by atoms with Gasteiger partial charge in [-0.15, -0.1) is 0 Å². The minimum atomic E-state index is -0.492. The third kappa shape index (κ3) is 3.49. The minimum absolute atomic E-state index is 0.161. The van der Waals surface area contributed by atoms with E-state index in [1.54, 1.807) is 6.07 Å². The zero-order valence-electron chi connectivity index (χ0n) is 15.9. The van der Waals surface area contributed by atoms with Gasteiger partial charge in [0.25, 0.3) is 5.91 Å². The molecule has 142 valence electrons. The van der Waals surface area contributed by atoms with Crippen LogP contribution in [-0.4, -0.2) is 37.2 Å². The van der Waals surface area contributed by atoms with Crippen molar-refractivity contribution in [3.05, 3.63) is 53.3 Å². The number of nitrogens with one attached hydrogen (secondary N) is 1. The van der Waals surface area contributed by atoms with Crippen LogP contribution in [-0.2, 0) is 10.2 Å². The number of fused-ring (bicyclic) bond motifs is 1. The van der Waals surface area contributed by atoms with Crippen LogP contribution in [0.15, 0.2) is 36.4 Å². The minimum Gasteiger partial charge on any atom is -0.378 e. The van der Waals surface area contributed by atoms with Gasteiger partial charge in [0.05, 0.1) is 30.6 Å². The highest BCUT2D eigenvalue weighted by Gasteiger charge is 2.35. The molecule has 0 saturated carbocycles. The SMILES string of the molecule is CC1(C)CC(c2cccc(N3CCOCC3)c2)Nc2ccc(C(N)=O)nc21. The van der Waals surface area contributed by atoms with E-state index >= 15 is 0 Å². The summed E-state index contributed by atoms with van der Waals surface area (Å²) in [7, 11) is 0. The number of nitrogens with zero attached hydrogens (tertiary/aromatic N) is 2. The highest BCUT2D eigenvalue weighted by atomic mass is 16.5. The summed E-state index contributed by atoms with van der Waals surface area (Å²) < 4.78 is 5.47. The molecular formula is C21H26N4O2. The zero-order chi connectivity index (χ0) is 19.0. The zero-order valence-corrected chi connectivity index (χ0v) is 15.9. The molecule has 1 atom stereocenters. The summed E-state index contributed by atoms with van der Waals surface area (Å²) in [6.45, 7) is 7.75. The van der Waals surface area contributed by atoms with Crippen molar-refractivity contribution in [2.24, 2.45) is 5.73 Å². The molecule has 2 aliphatic heterocycles. The summed E-state index contributed by atoms with van der Waals surface area (Å²) in [6.07, 6.45) is 0.891. The summed E-state index contributed by atoms with van der Waals surface area (Å²) in [4.78, 5) is 18.4. The fraction of sp³-hybridized carbons (Fsp3) is 0.429. The molecule has 0 radical (unpaired) electrons.